The summed E-state index contributed by atoms with van der Waals surface area (Å²) in [5.74, 6) is 0.658. The van der Waals surface area contributed by atoms with E-state index in [0.29, 0.717) is 17.9 Å². The van der Waals surface area contributed by atoms with E-state index in [-0.39, 0.29) is 5.91 Å². The van der Waals surface area contributed by atoms with Crippen molar-refractivity contribution >= 4 is 5.91 Å². The second-order valence-electron chi connectivity index (χ2n) is 3.78. The fourth-order valence-electron chi connectivity index (χ4n) is 1.66. The standard InChI is InChI=1S/C14H15NO2/c1-2-9-15-14(16)12-7-4-3-6-11(12)13-8-5-10-17-13/h3-8,10H,2,9H2,1H3,(H,15,16). The Kier molecular flexibility index (Phi) is 3.60. The van der Waals surface area contributed by atoms with E-state index >= 15 is 0 Å². The maximum Gasteiger partial charge on any atom is 0.252 e. The lowest BCUT2D eigenvalue weighted by molar-refractivity contribution is 0.0954. The lowest BCUT2D eigenvalue weighted by Crippen LogP contribution is -2.24. The third-order valence-corrected chi connectivity index (χ3v) is 2.49. The van der Waals surface area contributed by atoms with Gasteiger partial charge in [0.25, 0.3) is 5.91 Å². The minimum absolute atomic E-state index is 0.0566. The van der Waals surface area contributed by atoms with Gasteiger partial charge in [0.05, 0.1) is 11.8 Å². The molecule has 0 unspecified atom stereocenters. The van der Waals surface area contributed by atoms with Crippen molar-refractivity contribution < 1.29 is 9.21 Å². The zero-order valence-corrected chi connectivity index (χ0v) is 9.77. The molecule has 0 atom stereocenters. The lowest BCUT2D eigenvalue weighted by atomic mass is 10.0. The van der Waals surface area contributed by atoms with E-state index in [0.717, 1.165) is 12.0 Å². The monoisotopic (exact) mass is 229 g/mol. The highest BCUT2D eigenvalue weighted by atomic mass is 16.3. The van der Waals surface area contributed by atoms with Crippen LogP contribution in [0.1, 0.15) is 23.7 Å². The van der Waals surface area contributed by atoms with E-state index in [1.54, 1.807) is 6.26 Å². The van der Waals surface area contributed by atoms with Crippen LogP contribution in [-0.4, -0.2) is 12.5 Å². The number of nitrogens with one attached hydrogen (secondary N) is 1. The minimum Gasteiger partial charge on any atom is -0.464 e. The molecule has 3 nitrogen and oxygen atoms in total. The fraction of sp³-hybridized carbons (Fsp3) is 0.214. The first-order valence-electron chi connectivity index (χ1n) is 5.74. The maximum atomic E-state index is 12.0. The van der Waals surface area contributed by atoms with Crippen LogP contribution >= 0.6 is 0 Å². The lowest BCUT2D eigenvalue weighted by Gasteiger charge is -2.07. The Hall–Kier alpha value is -2.03. The minimum atomic E-state index is -0.0566. The van der Waals surface area contributed by atoms with Crippen LogP contribution in [0.15, 0.2) is 47.1 Å². The van der Waals surface area contributed by atoms with Gasteiger partial charge < -0.3 is 9.73 Å². The van der Waals surface area contributed by atoms with Gasteiger partial charge in [0.2, 0.25) is 0 Å². The fourth-order valence-corrected chi connectivity index (χ4v) is 1.66. The van der Waals surface area contributed by atoms with Gasteiger partial charge in [0.15, 0.2) is 0 Å². The summed E-state index contributed by atoms with van der Waals surface area (Å²) in [5, 5.41) is 2.87. The second kappa shape index (κ2) is 5.34. The van der Waals surface area contributed by atoms with E-state index in [4.69, 9.17) is 4.42 Å². The second-order valence-corrected chi connectivity index (χ2v) is 3.78. The summed E-state index contributed by atoms with van der Waals surface area (Å²) in [6.07, 6.45) is 2.53. The SMILES string of the molecule is CCCNC(=O)c1ccccc1-c1ccco1. The summed E-state index contributed by atoms with van der Waals surface area (Å²) in [6, 6.07) is 11.1. The van der Waals surface area contributed by atoms with Crippen LogP contribution < -0.4 is 5.32 Å². The Labute approximate surface area is 100 Å². The molecule has 0 bridgehead atoms. The van der Waals surface area contributed by atoms with Gasteiger partial charge in [-0.05, 0) is 24.6 Å². The number of rotatable bonds is 4. The van der Waals surface area contributed by atoms with Gasteiger partial charge in [-0.3, -0.25) is 4.79 Å². The molecule has 2 rings (SSSR count). The van der Waals surface area contributed by atoms with Crippen molar-refractivity contribution in [2.75, 3.05) is 6.54 Å². The van der Waals surface area contributed by atoms with E-state index < -0.39 is 0 Å². The molecule has 1 aromatic heterocycles. The quantitative estimate of drug-likeness (QED) is 0.875. The highest BCUT2D eigenvalue weighted by Gasteiger charge is 2.12. The van der Waals surface area contributed by atoms with Crippen LogP contribution in [0.25, 0.3) is 11.3 Å². The average Bonchev–Trinajstić information content (AvgIpc) is 2.89. The molecule has 3 heteroatoms. The van der Waals surface area contributed by atoms with Crippen molar-refractivity contribution in [3.05, 3.63) is 48.2 Å². The average molecular weight is 229 g/mol. The summed E-state index contributed by atoms with van der Waals surface area (Å²) in [4.78, 5) is 12.0. The number of amides is 1. The maximum absolute atomic E-state index is 12.0. The molecule has 2 aromatic rings. The Morgan fingerprint density at radius 1 is 1.24 bits per heavy atom. The molecule has 88 valence electrons. The normalized spacial score (nSPS) is 10.2. The van der Waals surface area contributed by atoms with E-state index in [9.17, 15) is 4.79 Å². The summed E-state index contributed by atoms with van der Waals surface area (Å²) >= 11 is 0. The van der Waals surface area contributed by atoms with Gasteiger partial charge >= 0.3 is 0 Å². The Balaban J connectivity index is 2.31. The molecule has 1 heterocycles. The molecule has 1 N–H and O–H groups in total. The molecular formula is C14H15NO2. The molecule has 0 saturated carbocycles. The molecule has 0 spiro atoms. The number of hydrogen-bond acceptors (Lipinski definition) is 2. The molecule has 1 amide bonds. The van der Waals surface area contributed by atoms with Crippen LogP contribution in [0, 0.1) is 0 Å². The van der Waals surface area contributed by atoms with Crippen molar-refractivity contribution in [2.24, 2.45) is 0 Å². The van der Waals surface area contributed by atoms with Crippen molar-refractivity contribution in [1.29, 1.82) is 0 Å². The molecule has 1 aromatic carbocycles. The van der Waals surface area contributed by atoms with Crippen LogP contribution in [-0.2, 0) is 0 Å². The van der Waals surface area contributed by atoms with Gasteiger partial charge in [-0.2, -0.15) is 0 Å². The smallest absolute Gasteiger partial charge is 0.252 e. The topological polar surface area (TPSA) is 42.2 Å². The van der Waals surface area contributed by atoms with Crippen molar-refractivity contribution in [3.8, 4) is 11.3 Å². The van der Waals surface area contributed by atoms with Crippen LogP contribution in [0.3, 0.4) is 0 Å². The highest BCUT2D eigenvalue weighted by molar-refractivity contribution is 6.00. The van der Waals surface area contributed by atoms with E-state index in [1.165, 1.54) is 0 Å². The predicted molar refractivity (Wildman–Crippen MR) is 66.8 cm³/mol. The predicted octanol–water partition coefficient (Wildman–Crippen LogP) is 3.09. The third-order valence-electron chi connectivity index (χ3n) is 2.49. The number of hydrogen-bond donors (Lipinski definition) is 1. The Bertz CT molecular complexity index is 489. The van der Waals surface area contributed by atoms with Gasteiger partial charge in [0.1, 0.15) is 5.76 Å². The van der Waals surface area contributed by atoms with Crippen molar-refractivity contribution in [3.63, 3.8) is 0 Å². The number of furan rings is 1. The third kappa shape index (κ3) is 2.56. The highest BCUT2D eigenvalue weighted by Crippen LogP contribution is 2.23. The van der Waals surface area contributed by atoms with E-state index in [1.807, 2.05) is 43.3 Å². The first-order valence-corrected chi connectivity index (χ1v) is 5.74. The van der Waals surface area contributed by atoms with Gasteiger partial charge in [-0.1, -0.05) is 25.1 Å². The molecule has 0 saturated heterocycles. The summed E-state index contributed by atoms with van der Waals surface area (Å²) in [6.45, 7) is 2.71. The van der Waals surface area contributed by atoms with Gasteiger partial charge in [-0.15, -0.1) is 0 Å². The summed E-state index contributed by atoms with van der Waals surface area (Å²) in [5.41, 5.74) is 1.47. The zero-order chi connectivity index (χ0) is 12.1. The van der Waals surface area contributed by atoms with Crippen LogP contribution in [0.5, 0.6) is 0 Å². The Morgan fingerprint density at radius 3 is 2.76 bits per heavy atom. The number of benzene rings is 1. The van der Waals surface area contributed by atoms with Crippen LogP contribution in [0.4, 0.5) is 0 Å². The van der Waals surface area contributed by atoms with Gasteiger partial charge in [0, 0.05) is 12.1 Å². The number of carbonyl (C=O) groups is 1. The summed E-state index contributed by atoms with van der Waals surface area (Å²) < 4.78 is 5.33. The molecule has 0 aliphatic carbocycles. The van der Waals surface area contributed by atoms with Gasteiger partial charge in [-0.25, -0.2) is 0 Å². The number of carbonyl (C=O) groups excluding carboxylic acids is 1. The van der Waals surface area contributed by atoms with Crippen molar-refractivity contribution in [1.82, 2.24) is 5.32 Å². The largest absolute Gasteiger partial charge is 0.464 e. The molecule has 0 radical (unpaired) electrons. The summed E-state index contributed by atoms with van der Waals surface area (Å²) in [7, 11) is 0. The molecule has 0 fully saturated rings. The van der Waals surface area contributed by atoms with Crippen LogP contribution in [0.2, 0.25) is 0 Å². The van der Waals surface area contributed by atoms with E-state index in [2.05, 4.69) is 5.32 Å². The molecular weight excluding hydrogens is 214 g/mol. The first-order chi connectivity index (χ1) is 8.33. The van der Waals surface area contributed by atoms with Crippen molar-refractivity contribution in [2.45, 2.75) is 13.3 Å². The molecule has 17 heavy (non-hydrogen) atoms. The molecule has 0 aliphatic heterocycles. The Morgan fingerprint density at radius 2 is 2.06 bits per heavy atom. The first kappa shape index (κ1) is 11.5. The molecule has 0 aliphatic rings. The zero-order valence-electron chi connectivity index (χ0n) is 9.77.